The first-order valence-corrected chi connectivity index (χ1v) is 57.5. The molecule has 0 heterocycles. The van der Waals surface area contributed by atoms with Crippen LogP contribution in [0.1, 0.15) is 459 Å². The van der Waals surface area contributed by atoms with Crippen molar-refractivity contribution in [3.63, 3.8) is 0 Å². The topological polar surface area (TPSA) is 229 Å². The molecule has 4 radical (unpaired) electrons. The Labute approximate surface area is 807 Å². The third kappa shape index (κ3) is 49.6. The van der Waals surface area contributed by atoms with Crippen LogP contribution in [0.3, 0.4) is 0 Å². The molecule has 129 heavy (non-hydrogen) atoms. The van der Waals surface area contributed by atoms with Crippen LogP contribution in [0.15, 0.2) is 141 Å². The maximum absolute atomic E-state index is 11.5. The van der Waals surface area contributed by atoms with Crippen LogP contribution in [-0.2, 0) is 91.8 Å². The minimum Gasteiger partial charge on any atom is -0.744 e. The zero-order valence-corrected chi connectivity index (χ0v) is 89.0. The molecule has 8 aromatic rings. The first kappa shape index (κ1) is 117. The summed E-state index contributed by atoms with van der Waals surface area (Å²) in [7, 11) is -17.7. The van der Waals surface area contributed by atoms with Crippen LogP contribution in [0.5, 0.6) is 0 Å². The molecular formula is C112H172O12PbS4-4. The zero-order chi connectivity index (χ0) is 92.9. The van der Waals surface area contributed by atoms with Gasteiger partial charge in [-0.25, -0.2) is 33.7 Å². The summed E-state index contributed by atoms with van der Waals surface area (Å²) in [6.07, 6.45) is 79.7. The van der Waals surface area contributed by atoms with E-state index in [-0.39, 0.29) is 46.9 Å². The summed E-state index contributed by atoms with van der Waals surface area (Å²) >= 11 is 0. The Balaban J connectivity index is 0.000000359. The van der Waals surface area contributed by atoms with E-state index in [0.29, 0.717) is 0 Å². The van der Waals surface area contributed by atoms with Crippen LogP contribution >= 0.6 is 0 Å². The Morgan fingerprint density at radius 2 is 0.302 bits per heavy atom. The molecule has 12 nitrogen and oxygen atoms in total. The molecule has 0 unspecified atom stereocenters. The van der Waals surface area contributed by atoms with E-state index in [1.807, 2.05) is 24.3 Å². The smallest absolute Gasteiger partial charge is 0.124 e. The maximum Gasteiger partial charge on any atom is 0.124 e. The molecule has 0 aromatic heterocycles. The van der Waals surface area contributed by atoms with Crippen LogP contribution in [-0.4, -0.2) is 79.2 Å². The molecule has 0 aliphatic heterocycles. The summed E-state index contributed by atoms with van der Waals surface area (Å²) in [4.78, 5) is -0.500. The molecule has 0 fully saturated rings. The number of unbranched alkanes of at least 4 members (excludes halogenated alkanes) is 48. The van der Waals surface area contributed by atoms with Gasteiger partial charge in [0.25, 0.3) is 0 Å². The van der Waals surface area contributed by atoms with E-state index in [1.165, 1.54) is 377 Å². The molecule has 0 atom stereocenters. The van der Waals surface area contributed by atoms with Crippen molar-refractivity contribution in [2.75, 3.05) is 0 Å². The number of fused-ring (bicyclic) bond motifs is 4. The van der Waals surface area contributed by atoms with Crippen LogP contribution in [0, 0.1) is 0 Å². The first-order valence-electron chi connectivity index (χ1n) is 51.9. The second-order valence-electron chi connectivity index (χ2n) is 37.3. The van der Waals surface area contributed by atoms with E-state index in [4.69, 9.17) is 0 Å². The molecule has 0 bridgehead atoms. The van der Waals surface area contributed by atoms with Crippen LogP contribution in [0.2, 0.25) is 0 Å². The average molecular weight is 2050 g/mol. The second kappa shape index (κ2) is 69.2. The van der Waals surface area contributed by atoms with Gasteiger partial charge < -0.3 is 18.2 Å². The van der Waals surface area contributed by atoms with Crippen molar-refractivity contribution in [1.82, 2.24) is 0 Å². The van der Waals surface area contributed by atoms with E-state index in [1.54, 1.807) is 24.3 Å². The SMILES string of the molecule is CCCCCCCCCc1cc(CCCCCCCCC)c2ccc(S(=O)(=O)[O-])cc2c1.CCCCCCCCCc1cc(CCCCCCCCC)c2ccc(S(=O)(=O)[O-])cc2c1.CCCCCCCCCc1cc(CCCCCCCCC)c2ccc(S(=O)(=O)[O-])cc2c1.CCCCCCCCCc1cc(CCCCCCCCC)c2ccc(S(=O)(=O)[O-])cc2c1.[Pb]. The number of benzene rings is 8. The molecule has 0 N–H and O–H groups in total. The minimum absolute atomic E-state index is 0. The molecule has 0 amide bonds. The molecule has 0 aliphatic carbocycles. The Hall–Kier alpha value is -4.64. The Bertz CT molecular complexity index is 4220. The van der Waals surface area contributed by atoms with E-state index >= 15 is 0 Å². The van der Waals surface area contributed by atoms with Crippen molar-refractivity contribution in [3.05, 3.63) is 166 Å². The van der Waals surface area contributed by atoms with Crippen molar-refractivity contribution in [1.29, 1.82) is 0 Å². The molecule has 724 valence electrons. The van der Waals surface area contributed by atoms with Gasteiger partial charge in [-0.05, 0) is 239 Å². The van der Waals surface area contributed by atoms with Gasteiger partial charge in [0.2, 0.25) is 0 Å². The van der Waals surface area contributed by atoms with Gasteiger partial charge in [0, 0.05) is 27.3 Å². The van der Waals surface area contributed by atoms with Crippen LogP contribution < -0.4 is 0 Å². The minimum atomic E-state index is -4.43. The average Bonchev–Trinajstić information content (AvgIpc) is 0.807. The van der Waals surface area contributed by atoms with E-state index in [2.05, 4.69) is 104 Å². The number of hydrogen-bond donors (Lipinski definition) is 0. The van der Waals surface area contributed by atoms with E-state index < -0.39 is 40.5 Å². The summed E-state index contributed by atoms with van der Waals surface area (Å²) in [5.74, 6) is 0. The van der Waals surface area contributed by atoms with Crippen LogP contribution in [0.4, 0.5) is 0 Å². The van der Waals surface area contributed by atoms with Gasteiger partial charge in [0.05, 0.1) is 19.6 Å². The van der Waals surface area contributed by atoms with Gasteiger partial charge in [-0.1, -0.05) is 436 Å². The van der Waals surface area contributed by atoms with Gasteiger partial charge in [-0.15, -0.1) is 0 Å². The molecule has 0 aliphatic rings. The van der Waals surface area contributed by atoms with Crippen molar-refractivity contribution >= 4 is 111 Å². The number of aryl methyl sites for hydroxylation is 8. The molecule has 0 spiro atoms. The fraction of sp³-hybridized carbons (Fsp3) is 0.643. The zero-order valence-electron chi connectivity index (χ0n) is 81.8. The molecule has 0 saturated heterocycles. The van der Waals surface area contributed by atoms with Gasteiger partial charge in [-0.3, -0.25) is 0 Å². The summed E-state index contributed by atoms with van der Waals surface area (Å²) in [6.45, 7) is 17.9. The van der Waals surface area contributed by atoms with Gasteiger partial charge >= 0.3 is 0 Å². The predicted molar refractivity (Wildman–Crippen MR) is 547 cm³/mol. The summed E-state index contributed by atoms with van der Waals surface area (Å²) in [5, 5.41) is 7.91. The van der Waals surface area contributed by atoms with Crippen molar-refractivity contribution < 1.29 is 51.9 Å². The summed E-state index contributed by atoms with van der Waals surface area (Å²) in [6, 6.07) is 37.1. The van der Waals surface area contributed by atoms with E-state index in [9.17, 15) is 51.9 Å². The first-order chi connectivity index (χ1) is 61.8. The molecule has 17 heteroatoms. The number of rotatable bonds is 68. The molecule has 8 rings (SSSR count). The van der Waals surface area contributed by atoms with Gasteiger partial charge in [-0.2, -0.15) is 0 Å². The monoisotopic (exact) mass is 2050 g/mol. The third-order valence-corrected chi connectivity index (χ3v) is 29.2. The normalized spacial score (nSPS) is 11.9. The fourth-order valence-electron chi connectivity index (χ4n) is 18.2. The van der Waals surface area contributed by atoms with Gasteiger partial charge in [0.15, 0.2) is 0 Å². The quantitative estimate of drug-likeness (QED) is 0.0197. The Morgan fingerprint density at radius 1 is 0.171 bits per heavy atom. The van der Waals surface area contributed by atoms with Crippen molar-refractivity contribution in [2.45, 2.75) is 486 Å². The summed E-state index contributed by atoms with van der Waals surface area (Å²) < 4.78 is 138. The third-order valence-electron chi connectivity index (χ3n) is 25.9. The fourth-order valence-corrected chi connectivity index (χ4v) is 20.3. The van der Waals surface area contributed by atoms with Crippen LogP contribution in [0.25, 0.3) is 43.1 Å². The molecular weight excluding hydrogens is 1870 g/mol. The summed E-state index contributed by atoms with van der Waals surface area (Å²) in [5.41, 5.74) is 10.3. The second-order valence-corrected chi connectivity index (χ2v) is 42.9. The van der Waals surface area contributed by atoms with Crippen molar-refractivity contribution in [3.8, 4) is 0 Å². The Kier molecular flexibility index (Phi) is 62.6. The maximum atomic E-state index is 11.5. The van der Waals surface area contributed by atoms with E-state index in [0.717, 1.165) is 146 Å². The van der Waals surface area contributed by atoms with Gasteiger partial charge in [0.1, 0.15) is 40.5 Å². The Morgan fingerprint density at radius 3 is 0.442 bits per heavy atom. The largest absolute Gasteiger partial charge is 0.744 e. The van der Waals surface area contributed by atoms with Crippen molar-refractivity contribution in [2.24, 2.45) is 0 Å². The molecule has 0 saturated carbocycles. The number of hydrogen-bond acceptors (Lipinski definition) is 12. The predicted octanol–water partition coefficient (Wildman–Crippen LogP) is 32.9. The standard InChI is InChI=1S/4C28H44O3S.Pb/c4*1-3-5-7-9-11-13-15-17-24-21-25(18-16-14-12-10-8-6-4-2)28-20-19-27(32(29,30)31)23-26(28)22-24;/h4*19-23H,3-18H2,1-2H3,(H,29,30,31);/p-4. The molecule has 8 aromatic carbocycles.